The third kappa shape index (κ3) is 1.71. The lowest BCUT2D eigenvalue weighted by Crippen LogP contribution is -2.04. The van der Waals surface area contributed by atoms with E-state index in [1.54, 1.807) is 31.9 Å². The molecule has 3 rings (SSSR count). The lowest BCUT2D eigenvalue weighted by atomic mass is 10.0. The minimum absolute atomic E-state index is 0.370. The van der Waals surface area contributed by atoms with Crippen molar-refractivity contribution < 1.29 is 14.3 Å². The number of H-pyrrole nitrogens is 2. The fourth-order valence-electron chi connectivity index (χ4n) is 2.18. The van der Waals surface area contributed by atoms with Gasteiger partial charge in [0.25, 0.3) is 0 Å². The summed E-state index contributed by atoms with van der Waals surface area (Å²) in [5.41, 5.74) is 2.35. The standard InChI is InChI=1S/C13H12N4O3/c1-19-12-7(10-5-14-6-15-10)3-8(13(18)20-2)11-9(12)4-16-17-11/h3-6H,1-2H3,(H,14,15)(H,16,17). The number of nitrogens with one attached hydrogen (secondary N) is 2. The van der Waals surface area contributed by atoms with Crippen LogP contribution in [0.5, 0.6) is 5.75 Å². The predicted octanol–water partition coefficient (Wildman–Crippen LogP) is 1.75. The van der Waals surface area contributed by atoms with E-state index in [1.807, 2.05) is 0 Å². The third-order valence-corrected chi connectivity index (χ3v) is 3.07. The monoisotopic (exact) mass is 272 g/mol. The number of carbonyl (C=O) groups is 1. The molecule has 0 unspecified atom stereocenters. The van der Waals surface area contributed by atoms with Crippen LogP contribution < -0.4 is 4.74 Å². The normalized spacial score (nSPS) is 10.7. The van der Waals surface area contributed by atoms with E-state index in [-0.39, 0.29) is 0 Å². The van der Waals surface area contributed by atoms with Gasteiger partial charge in [0.2, 0.25) is 0 Å². The molecular formula is C13H12N4O3. The van der Waals surface area contributed by atoms with Gasteiger partial charge in [0.15, 0.2) is 0 Å². The minimum Gasteiger partial charge on any atom is -0.495 e. The molecule has 7 nitrogen and oxygen atoms in total. The van der Waals surface area contributed by atoms with E-state index in [9.17, 15) is 4.79 Å². The van der Waals surface area contributed by atoms with Crippen LogP contribution in [-0.2, 0) is 4.74 Å². The number of fused-ring (bicyclic) bond motifs is 1. The van der Waals surface area contributed by atoms with Crippen molar-refractivity contribution in [3.8, 4) is 17.0 Å². The molecule has 0 bridgehead atoms. The number of imidazole rings is 1. The van der Waals surface area contributed by atoms with E-state index in [2.05, 4.69) is 20.2 Å². The highest BCUT2D eigenvalue weighted by atomic mass is 16.5. The first-order chi connectivity index (χ1) is 9.76. The number of methoxy groups -OCH3 is 2. The van der Waals surface area contributed by atoms with Gasteiger partial charge in [-0.1, -0.05) is 0 Å². The fourth-order valence-corrected chi connectivity index (χ4v) is 2.18. The second kappa shape index (κ2) is 4.69. The van der Waals surface area contributed by atoms with Crippen molar-refractivity contribution in [3.63, 3.8) is 0 Å². The highest BCUT2D eigenvalue weighted by Crippen LogP contribution is 2.37. The van der Waals surface area contributed by atoms with Gasteiger partial charge in [-0.25, -0.2) is 9.78 Å². The molecule has 0 spiro atoms. The molecule has 7 heteroatoms. The van der Waals surface area contributed by atoms with Gasteiger partial charge in [-0.3, -0.25) is 5.10 Å². The largest absolute Gasteiger partial charge is 0.495 e. The molecule has 102 valence electrons. The summed E-state index contributed by atoms with van der Waals surface area (Å²) in [6.45, 7) is 0. The molecule has 2 aromatic heterocycles. The molecule has 3 aromatic rings. The van der Waals surface area contributed by atoms with Gasteiger partial charge in [0.05, 0.1) is 43.4 Å². The number of esters is 1. The summed E-state index contributed by atoms with van der Waals surface area (Å²) in [4.78, 5) is 18.9. The Bertz CT molecular complexity index is 761. The van der Waals surface area contributed by atoms with Gasteiger partial charge < -0.3 is 14.5 Å². The molecule has 0 saturated carbocycles. The van der Waals surface area contributed by atoms with Gasteiger partial charge in [-0.05, 0) is 6.07 Å². The number of carbonyl (C=O) groups excluding carboxylic acids is 1. The van der Waals surface area contributed by atoms with Crippen molar-refractivity contribution in [3.05, 3.63) is 30.4 Å². The fraction of sp³-hybridized carbons (Fsp3) is 0.154. The van der Waals surface area contributed by atoms with Crippen LogP contribution in [-0.4, -0.2) is 40.4 Å². The Morgan fingerprint density at radius 3 is 2.85 bits per heavy atom. The summed E-state index contributed by atoms with van der Waals surface area (Å²) >= 11 is 0. The third-order valence-electron chi connectivity index (χ3n) is 3.07. The van der Waals surface area contributed by atoms with Crippen molar-refractivity contribution in [2.24, 2.45) is 0 Å². The number of hydrogen-bond acceptors (Lipinski definition) is 5. The minimum atomic E-state index is -0.453. The van der Waals surface area contributed by atoms with Gasteiger partial charge in [-0.15, -0.1) is 0 Å². The van der Waals surface area contributed by atoms with Gasteiger partial charge in [0.1, 0.15) is 11.3 Å². The second-order valence-electron chi connectivity index (χ2n) is 4.11. The summed E-state index contributed by atoms with van der Waals surface area (Å²) < 4.78 is 10.2. The lowest BCUT2D eigenvalue weighted by molar-refractivity contribution is 0.0603. The molecule has 0 aliphatic heterocycles. The van der Waals surface area contributed by atoms with Gasteiger partial charge in [0, 0.05) is 11.8 Å². The average molecular weight is 272 g/mol. The number of nitrogens with zero attached hydrogens (tertiary/aromatic N) is 2. The second-order valence-corrected chi connectivity index (χ2v) is 4.11. The maximum Gasteiger partial charge on any atom is 0.340 e. The van der Waals surface area contributed by atoms with E-state index in [0.29, 0.717) is 22.2 Å². The van der Waals surface area contributed by atoms with Crippen molar-refractivity contribution in [1.29, 1.82) is 0 Å². The average Bonchev–Trinajstić information content (AvgIpc) is 3.15. The number of aromatic amines is 2. The Morgan fingerprint density at radius 1 is 1.35 bits per heavy atom. The molecule has 0 aliphatic carbocycles. The summed E-state index contributed by atoms with van der Waals surface area (Å²) in [7, 11) is 2.90. The SMILES string of the molecule is COC(=O)c1cc(-c2cnc[nH]2)c(OC)c2c[nH]nc12. The highest BCUT2D eigenvalue weighted by Gasteiger charge is 2.21. The Morgan fingerprint density at radius 2 is 2.20 bits per heavy atom. The van der Waals surface area contributed by atoms with Crippen LogP contribution in [0.2, 0.25) is 0 Å². The molecule has 0 aliphatic rings. The molecule has 1 aromatic carbocycles. The zero-order valence-corrected chi connectivity index (χ0v) is 10.9. The lowest BCUT2D eigenvalue weighted by Gasteiger charge is -2.10. The van der Waals surface area contributed by atoms with E-state index < -0.39 is 5.97 Å². The van der Waals surface area contributed by atoms with Crippen molar-refractivity contribution in [2.75, 3.05) is 14.2 Å². The molecule has 20 heavy (non-hydrogen) atoms. The quantitative estimate of drug-likeness (QED) is 0.708. The van der Waals surface area contributed by atoms with Crippen molar-refractivity contribution >= 4 is 16.9 Å². The first kappa shape index (κ1) is 12.2. The number of aromatic nitrogens is 4. The summed E-state index contributed by atoms with van der Waals surface area (Å²) in [6, 6.07) is 1.68. The van der Waals surface area contributed by atoms with Gasteiger partial charge >= 0.3 is 5.97 Å². The molecule has 0 fully saturated rings. The molecular weight excluding hydrogens is 260 g/mol. The maximum absolute atomic E-state index is 11.9. The molecule has 2 N–H and O–H groups in total. The molecule has 0 amide bonds. The van der Waals surface area contributed by atoms with Crippen LogP contribution in [0.4, 0.5) is 0 Å². The molecule has 0 saturated heterocycles. The summed E-state index contributed by atoms with van der Waals surface area (Å²) in [5.74, 6) is 0.163. The molecule has 0 radical (unpaired) electrons. The maximum atomic E-state index is 11.9. The first-order valence-electron chi connectivity index (χ1n) is 5.87. The van der Waals surface area contributed by atoms with E-state index in [4.69, 9.17) is 9.47 Å². The van der Waals surface area contributed by atoms with E-state index >= 15 is 0 Å². The Hall–Kier alpha value is -2.83. The van der Waals surface area contributed by atoms with Crippen LogP contribution >= 0.6 is 0 Å². The number of rotatable bonds is 3. The Kier molecular flexibility index (Phi) is 2.86. The van der Waals surface area contributed by atoms with Crippen LogP contribution in [0.3, 0.4) is 0 Å². The zero-order valence-electron chi connectivity index (χ0n) is 10.9. The Balaban J connectivity index is 2.36. The number of benzene rings is 1. The zero-order chi connectivity index (χ0) is 14.1. The van der Waals surface area contributed by atoms with Gasteiger partial charge in [-0.2, -0.15) is 5.10 Å². The van der Waals surface area contributed by atoms with Crippen LogP contribution in [0.1, 0.15) is 10.4 Å². The summed E-state index contributed by atoms with van der Waals surface area (Å²) in [6.07, 6.45) is 4.90. The topological polar surface area (TPSA) is 92.9 Å². The van der Waals surface area contributed by atoms with E-state index in [0.717, 1.165) is 11.3 Å². The smallest absolute Gasteiger partial charge is 0.340 e. The summed E-state index contributed by atoms with van der Waals surface area (Å²) in [5, 5.41) is 7.54. The van der Waals surface area contributed by atoms with Crippen molar-refractivity contribution in [2.45, 2.75) is 0 Å². The molecule has 2 heterocycles. The first-order valence-corrected chi connectivity index (χ1v) is 5.87. The predicted molar refractivity (Wildman–Crippen MR) is 71.6 cm³/mol. The Labute approximate surface area is 113 Å². The highest BCUT2D eigenvalue weighted by molar-refractivity contribution is 6.07. The van der Waals surface area contributed by atoms with Crippen molar-refractivity contribution in [1.82, 2.24) is 20.2 Å². The number of ether oxygens (including phenoxy) is 2. The number of hydrogen-bond donors (Lipinski definition) is 2. The van der Waals surface area contributed by atoms with Crippen LogP contribution in [0.25, 0.3) is 22.2 Å². The van der Waals surface area contributed by atoms with Crippen LogP contribution in [0, 0.1) is 0 Å². The van der Waals surface area contributed by atoms with Crippen LogP contribution in [0.15, 0.2) is 24.8 Å². The van der Waals surface area contributed by atoms with E-state index in [1.165, 1.54) is 7.11 Å². The molecule has 0 atom stereocenters.